The Morgan fingerprint density at radius 2 is 2.17 bits per heavy atom. The lowest BCUT2D eigenvalue weighted by atomic mass is 10.1. The van der Waals surface area contributed by atoms with Gasteiger partial charge < -0.3 is 10.1 Å². The van der Waals surface area contributed by atoms with Gasteiger partial charge in [-0.1, -0.05) is 25.5 Å². The molecule has 0 unspecified atom stereocenters. The van der Waals surface area contributed by atoms with Crippen LogP contribution >= 0.6 is 0 Å². The van der Waals surface area contributed by atoms with E-state index in [0.717, 1.165) is 29.7 Å². The summed E-state index contributed by atoms with van der Waals surface area (Å²) >= 11 is 0. The fraction of sp³-hybridized carbons (Fsp3) is 0.533. The number of carbonyl (C=O) groups excluding carboxylic acids is 1. The summed E-state index contributed by atoms with van der Waals surface area (Å²) in [5.41, 5.74) is 2.08. The van der Waals surface area contributed by atoms with Crippen LogP contribution in [0.1, 0.15) is 37.8 Å². The Balaban J connectivity index is 2.57. The maximum Gasteiger partial charge on any atom is 0.224 e. The van der Waals surface area contributed by atoms with Crippen molar-refractivity contribution in [3.63, 3.8) is 0 Å². The van der Waals surface area contributed by atoms with Crippen molar-refractivity contribution in [1.82, 2.24) is 5.32 Å². The summed E-state index contributed by atoms with van der Waals surface area (Å²) in [6, 6.07) is 6.11. The second kappa shape index (κ2) is 7.04. The summed E-state index contributed by atoms with van der Waals surface area (Å²) in [4.78, 5) is 11.8. The molecular formula is C15H23NO2. The lowest BCUT2D eigenvalue weighted by molar-refractivity contribution is -0.121. The zero-order valence-electron chi connectivity index (χ0n) is 11.7. The highest BCUT2D eigenvalue weighted by Crippen LogP contribution is 2.18. The summed E-state index contributed by atoms with van der Waals surface area (Å²) in [6.07, 6.45) is 2.54. The van der Waals surface area contributed by atoms with Crippen LogP contribution in [0.3, 0.4) is 0 Å². The second-order valence-corrected chi connectivity index (χ2v) is 4.74. The average molecular weight is 249 g/mol. The number of hydrogen-bond acceptors (Lipinski definition) is 2. The minimum absolute atomic E-state index is 0.0838. The molecule has 0 aliphatic carbocycles. The van der Waals surface area contributed by atoms with Gasteiger partial charge in [0.2, 0.25) is 5.91 Å². The highest BCUT2D eigenvalue weighted by molar-refractivity contribution is 5.78. The van der Waals surface area contributed by atoms with E-state index in [2.05, 4.69) is 12.2 Å². The zero-order chi connectivity index (χ0) is 13.5. The second-order valence-electron chi connectivity index (χ2n) is 4.74. The molecule has 0 heterocycles. The van der Waals surface area contributed by atoms with E-state index in [0.29, 0.717) is 6.42 Å². The van der Waals surface area contributed by atoms with Gasteiger partial charge in [-0.15, -0.1) is 0 Å². The van der Waals surface area contributed by atoms with E-state index in [1.807, 2.05) is 32.0 Å². The normalized spacial score (nSPS) is 12.0. The smallest absolute Gasteiger partial charge is 0.224 e. The maximum atomic E-state index is 11.8. The molecule has 1 aromatic carbocycles. The number of amides is 1. The Kier molecular flexibility index (Phi) is 5.69. The van der Waals surface area contributed by atoms with Crippen LogP contribution in [-0.4, -0.2) is 19.1 Å². The molecule has 1 N–H and O–H groups in total. The van der Waals surface area contributed by atoms with E-state index in [1.165, 1.54) is 0 Å². The lowest BCUT2D eigenvalue weighted by Gasteiger charge is -2.13. The molecule has 1 aromatic rings. The van der Waals surface area contributed by atoms with Crippen molar-refractivity contribution in [1.29, 1.82) is 0 Å². The van der Waals surface area contributed by atoms with Crippen molar-refractivity contribution in [2.24, 2.45) is 0 Å². The number of hydrogen-bond donors (Lipinski definition) is 1. The van der Waals surface area contributed by atoms with E-state index in [9.17, 15) is 4.79 Å². The summed E-state index contributed by atoms with van der Waals surface area (Å²) in [7, 11) is 1.65. The van der Waals surface area contributed by atoms with Crippen LogP contribution in [-0.2, 0) is 11.2 Å². The number of nitrogens with one attached hydrogen (secondary N) is 1. The van der Waals surface area contributed by atoms with E-state index in [-0.39, 0.29) is 11.9 Å². The van der Waals surface area contributed by atoms with Crippen LogP contribution in [0.4, 0.5) is 0 Å². The van der Waals surface area contributed by atoms with Gasteiger partial charge in [-0.2, -0.15) is 0 Å². The van der Waals surface area contributed by atoms with Gasteiger partial charge in [0.05, 0.1) is 13.5 Å². The predicted octanol–water partition coefficient (Wildman–Crippen LogP) is 2.85. The topological polar surface area (TPSA) is 38.3 Å². The summed E-state index contributed by atoms with van der Waals surface area (Å²) in [5, 5.41) is 3.01. The quantitative estimate of drug-likeness (QED) is 0.842. The van der Waals surface area contributed by atoms with Crippen molar-refractivity contribution in [3.8, 4) is 5.75 Å². The number of ether oxygens (including phenoxy) is 1. The first-order valence-corrected chi connectivity index (χ1v) is 6.49. The Labute approximate surface area is 110 Å². The number of benzene rings is 1. The van der Waals surface area contributed by atoms with Gasteiger partial charge in [-0.3, -0.25) is 4.79 Å². The maximum absolute atomic E-state index is 11.8. The van der Waals surface area contributed by atoms with Gasteiger partial charge in [0.1, 0.15) is 5.75 Å². The first-order chi connectivity index (χ1) is 8.56. The van der Waals surface area contributed by atoms with Gasteiger partial charge in [0.15, 0.2) is 0 Å². The van der Waals surface area contributed by atoms with Crippen LogP contribution < -0.4 is 10.1 Å². The molecule has 0 saturated carbocycles. The summed E-state index contributed by atoms with van der Waals surface area (Å²) < 4.78 is 5.20. The van der Waals surface area contributed by atoms with Crippen molar-refractivity contribution in [2.45, 2.75) is 46.1 Å². The third-order valence-electron chi connectivity index (χ3n) is 2.95. The van der Waals surface area contributed by atoms with Crippen molar-refractivity contribution >= 4 is 5.91 Å². The molecular weight excluding hydrogens is 226 g/mol. The molecule has 0 aliphatic rings. The molecule has 1 amide bonds. The summed E-state index contributed by atoms with van der Waals surface area (Å²) in [6.45, 7) is 6.15. The Hall–Kier alpha value is -1.51. The van der Waals surface area contributed by atoms with E-state index < -0.39 is 0 Å². The zero-order valence-corrected chi connectivity index (χ0v) is 11.7. The van der Waals surface area contributed by atoms with E-state index in [4.69, 9.17) is 4.74 Å². The highest BCUT2D eigenvalue weighted by atomic mass is 16.5. The molecule has 0 fully saturated rings. The monoisotopic (exact) mass is 249 g/mol. The minimum atomic E-state index is 0.0838. The molecule has 3 nitrogen and oxygen atoms in total. The van der Waals surface area contributed by atoms with Gasteiger partial charge in [0, 0.05) is 6.04 Å². The Bertz CT molecular complexity index is 401. The van der Waals surface area contributed by atoms with Crippen LogP contribution in [0.25, 0.3) is 0 Å². The molecule has 18 heavy (non-hydrogen) atoms. The van der Waals surface area contributed by atoms with Crippen LogP contribution in [0, 0.1) is 6.92 Å². The molecule has 1 atom stereocenters. The summed E-state index contributed by atoms with van der Waals surface area (Å²) in [5.74, 6) is 0.944. The van der Waals surface area contributed by atoms with Gasteiger partial charge in [0.25, 0.3) is 0 Å². The van der Waals surface area contributed by atoms with Crippen molar-refractivity contribution < 1.29 is 9.53 Å². The SMILES string of the molecule is CCC[C@H](C)NC(=O)Cc1ccc(OC)c(C)c1. The third kappa shape index (κ3) is 4.40. The molecule has 0 aromatic heterocycles. The van der Waals surface area contributed by atoms with Gasteiger partial charge in [-0.25, -0.2) is 0 Å². The van der Waals surface area contributed by atoms with Crippen LogP contribution in [0.15, 0.2) is 18.2 Å². The average Bonchev–Trinajstić information content (AvgIpc) is 2.29. The Morgan fingerprint density at radius 3 is 2.72 bits per heavy atom. The first kappa shape index (κ1) is 14.6. The predicted molar refractivity (Wildman–Crippen MR) is 73.9 cm³/mol. The molecule has 0 radical (unpaired) electrons. The fourth-order valence-corrected chi connectivity index (χ4v) is 2.07. The standard InChI is InChI=1S/C15H23NO2/c1-5-6-12(3)16-15(17)10-13-7-8-14(18-4)11(2)9-13/h7-9,12H,5-6,10H2,1-4H3,(H,16,17)/t12-/m0/s1. The van der Waals surface area contributed by atoms with Crippen LogP contribution in [0.5, 0.6) is 5.75 Å². The van der Waals surface area contributed by atoms with Gasteiger partial charge in [-0.05, 0) is 37.5 Å². The van der Waals surface area contributed by atoms with E-state index in [1.54, 1.807) is 7.11 Å². The molecule has 100 valence electrons. The Morgan fingerprint density at radius 1 is 1.44 bits per heavy atom. The van der Waals surface area contributed by atoms with Crippen molar-refractivity contribution in [2.75, 3.05) is 7.11 Å². The number of aryl methyl sites for hydroxylation is 1. The van der Waals surface area contributed by atoms with Gasteiger partial charge >= 0.3 is 0 Å². The highest BCUT2D eigenvalue weighted by Gasteiger charge is 2.08. The molecule has 0 saturated heterocycles. The third-order valence-corrected chi connectivity index (χ3v) is 2.95. The molecule has 3 heteroatoms. The molecule has 0 aliphatic heterocycles. The van der Waals surface area contributed by atoms with Crippen LogP contribution in [0.2, 0.25) is 0 Å². The molecule has 1 rings (SSSR count). The molecule has 0 spiro atoms. The largest absolute Gasteiger partial charge is 0.496 e. The molecule has 0 bridgehead atoms. The number of methoxy groups -OCH3 is 1. The number of carbonyl (C=O) groups is 1. The number of rotatable bonds is 6. The minimum Gasteiger partial charge on any atom is -0.496 e. The lowest BCUT2D eigenvalue weighted by Crippen LogP contribution is -2.33. The first-order valence-electron chi connectivity index (χ1n) is 6.49. The van der Waals surface area contributed by atoms with Crippen molar-refractivity contribution in [3.05, 3.63) is 29.3 Å². The fourth-order valence-electron chi connectivity index (χ4n) is 2.07. The van der Waals surface area contributed by atoms with E-state index >= 15 is 0 Å².